The molecule has 3 nitrogen and oxygen atoms in total. The Morgan fingerprint density at radius 2 is 2.00 bits per heavy atom. The second-order valence-corrected chi connectivity index (χ2v) is 3.12. The van der Waals surface area contributed by atoms with Gasteiger partial charge in [0.15, 0.2) is 6.10 Å². The molecule has 0 fully saturated rings. The average Bonchev–Trinajstić information content (AvgIpc) is 2.33. The van der Waals surface area contributed by atoms with E-state index in [0.717, 1.165) is 5.56 Å². The van der Waals surface area contributed by atoms with Crippen molar-refractivity contribution in [3.63, 3.8) is 0 Å². The van der Waals surface area contributed by atoms with Crippen molar-refractivity contribution >= 4 is 5.71 Å². The van der Waals surface area contributed by atoms with Crippen LogP contribution in [0.3, 0.4) is 0 Å². The van der Waals surface area contributed by atoms with Gasteiger partial charge in [0.25, 0.3) is 0 Å². The number of rotatable bonds is 2. The van der Waals surface area contributed by atoms with Crippen LogP contribution in [0, 0.1) is 0 Å². The molecule has 0 radical (unpaired) electrons. The molecule has 3 heteroatoms. The van der Waals surface area contributed by atoms with Crippen LogP contribution in [0.4, 0.5) is 0 Å². The van der Waals surface area contributed by atoms with Crippen molar-refractivity contribution in [1.29, 1.82) is 0 Å². The van der Waals surface area contributed by atoms with E-state index in [1.165, 1.54) is 0 Å². The minimum atomic E-state index is -0.317. The molecule has 1 aliphatic rings. The molecule has 1 aliphatic heterocycles. The molecule has 0 saturated heterocycles. The third-order valence-corrected chi connectivity index (χ3v) is 2.15. The van der Waals surface area contributed by atoms with Crippen LogP contribution in [0.25, 0.3) is 0 Å². The number of hydrogen-bond donors (Lipinski definition) is 1. The Bertz CT molecular complexity index is 407. The van der Waals surface area contributed by atoms with E-state index in [1.807, 2.05) is 42.5 Å². The van der Waals surface area contributed by atoms with Gasteiger partial charge in [-0.05, 0) is 12.2 Å². The van der Waals surface area contributed by atoms with Crippen molar-refractivity contribution in [2.75, 3.05) is 0 Å². The zero-order chi connectivity index (χ0) is 10.5. The third-order valence-electron chi connectivity index (χ3n) is 2.15. The predicted octanol–water partition coefficient (Wildman–Crippen LogP) is 2.33. The maximum absolute atomic E-state index is 8.98. The van der Waals surface area contributed by atoms with Crippen LogP contribution in [0.15, 0.2) is 60.0 Å². The highest BCUT2D eigenvalue weighted by Crippen LogP contribution is 2.11. The molecule has 1 aromatic rings. The lowest BCUT2D eigenvalue weighted by atomic mass is 10.0. The molecule has 1 N–H and O–H groups in total. The van der Waals surface area contributed by atoms with Gasteiger partial charge in [0.1, 0.15) is 5.71 Å². The number of benzene rings is 1. The van der Waals surface area contributed by atoms with Crippen LogP contribution in [-0.4, -0.2) is 17.0 Å². The predicted molar refractivity (Wildman–Crippen MR) is 57.9 cm³/mol. The van der Waals surface area contributed by atoms with Gasteiger partial charge in [-0.1, -0.05) is 41.6 Å². The lowest BCUT2D eigenvalue weighted by molar-refractivity contribution is 0.230. The number of allylic oxidation sites excluding steroid dienone is 2. The fraction of sp³-hybridized carbons (Fsp3) is 0.0833. The Labute approximate surface area is 88.0 Å². The molecule has 0 aromatic heterocycles. The van der Waals surface area contributed by atoms with Crippen molar-refractivity contribution in [2.24, 2.45) is 5.16 Å². The highest BCUT2D eigenvalue weighted by Gasteiger charge is 2.16. The highest BCUT2D eigenvalue weighted by molar-refractivity contribution is 6.04. The Morgan fingerprint density at radius 1 is 1.20 bits per heavy atom. The van der Waals surface area contributed by atoms with Gasteiger partial charge in [0.2, 0.25) is 0 Å². The Kier molecular flexibility index (Phi) is 2.83. The fourth-order valence-corrected chi connectivity index (χ4v) is 1.43. The Hall–Kier alpha value is -2.03. The van der Waals surface area contributed by atoms with Crippen molar-refractivity contribution < 1.29 is 9.94 Å². The smallest absolute Gasteiger partial charge is 0.162 e. The molecule has 0 amide bonds. The van der Waals surface area contributed by atoms with E-state index in [1.54, 1.807) is 12.3 Å². The van der Waals surface area contributed by atoms with Gasteiger partial charge in [-0.3, -0.25) is 0 Å². The first-order chi connectivity index (χ1) is 7.42. The van der Waals surface area contributed by atoms with Crippen LogP contribution >= 0.6 is 0 Å². The molecule has 1 unspecified atom stereocenters. The van der Waals surface area contributed by atoms with Crippen LogP contribution in [-0.2, 0) is 4.74 Å². The van der Waals surface area contributed by atoms with Gasteiger partial charge in [-0.25, -0.2) is 0 Å². The summed E-state index contributed by atoms with van der Waals surface area (Å²) in [7, 11) is 0. The van der Waals surface area contributed by atoms with E-state index in [0.29, 0.717) is 5.71 Å². The first-order valence-electron chi connectivity index (χ1n) is 4.68. The summed E-state index contributed by atoms with van der Waals surface area (Å²) in [4.78, 5) is 0. The minimum absolute atomic E-state index is 0.317. The largest absolute Gasteiger partial charge is 0.487 e. The number of oxime groups is 1. The summed E-state index contributed by atoms with van der Waals surface area (Å²) in [6.45, 7) is 0. The van der Waals surface area contributed by atoms with Gasteiger partial charge < -0.3 is 9.94 Å². The molecule has 1 atom stereocenters. The molecule has 15 heavy (non-hydrogen) atoms. The van der Waals surface area contributed by atoms with Gasteiger partial charge in [0, 0.05) is 5.56 Å². The van der Waals surface area contributed by atoms with Crippen LogP contribution in [0.5, 0.6) is 0 Å². The van der Waals surface area contributed by atoms with E-state index in [-0.39, 0.29) is 6.10 Å². The number of hydrogen-bond acceptors (Lipinski definition) is 3. The van der Waals surface area contributed by atoms with Crippen molar-refractivity contribution in [3.05, 3.63) is 60.4 Å². The van der Waals surface area contributed by atoms with Gasteiger partial charge in [-0.2, -0.15) is 0 Å². The van der Waals surface area contributed by atoms with Crippen molar-refractivity contribution in [2.45, 2.75) is 6.10 Å². The lowest BCUT2D eigenvalue weighted by Gasteiger charge is -2.16. The topological polar surface area (TPSA) is 41.8 Å². The van der Waals surface area contributed by atoms with Gasteiger partial charge >= 0.3 is 0 Å². The second kappa shape index (κ2) is 4.46. The molecule has 1 heterocycles. The summed E-state index contributed by atoms with van der Waals surface area (Å²) in [6, 6.07) is 9.46. The Balaban J connectivity index is 2.26. The van der Waals surface area contributed by atoms with E-state index >= 15 is 0 Å². The van der Waals surface area contributed by atoms with Crippen LogP contribution in [0.1, 0.15) is 5.56 Å². The molecule has 0 saturated carbocycles. The molecular formula is C12H11NO2. The quantitative estimate of drug-likeness (QED) is 0.453. The average molecular weight is 201 g/mol. The summed E-state index contributed by atoms with van der Waals surface area (Å²) in [5.41, 5.74) is 1.36. The highest BCUT2D eigenvalue weighted by atomic mass is 16.5. The standard InChI is InChI=1S/C12H11NO2/c14-13-12(10-6-2-1-3-7-10)11-8-4-5-9-15-11/h1-9,11,14H. The summed E-state index contributed by atoms with van der Waals surface area (Å²) in [6.07, 6.45) is 6.75. The molecule has 0 aliphatic carbocycles. The van der Waals surface area contributed by atoms with Gasteiger partial charge in [0.05, 0.1) is 6.26 Å². The van der Waals surface area contributed by atoms with E-state index in [4.69, 9.17) is 9.94 Å². The lowest BCUT2D eigenvalue weighted by Crippen LogP contribution is -2.22. The molecule has 0 spiro atoms. The third kappa shape index (κ3) is 2.07. The molecule has 0 bridgehead atoms. The second-order valence-electron chi connectivity index (χ2n) is 3.12. The van der Waals surface area contributed by atoms with Crippen molar-refractivity contribution in [1.82, 2.24) is 0 Å². The van der Waals surface area contributed by atoms with Crippen molar-refractivity contribution in [3.8, 4) is 0 Å². The molecule has 1 aromatic carbocycles. The fourth-order valence-electron chi connectivity index (χ4n) is 1.43. The Morgan fingerprint density at radius 3 is 2.60 bits per heavy atom. The zero-order valence-corrected chi connectivity index (χ0v) is 8.08. The maximum Gasteiger partial charge on any atom is 0.162 e. The van der Waals surface area contributed by atoms with Crippen LogP contribution < -0.4 is 0 Å². The van der Waals surface area contributed by atoms with E-state index in [9.17, 15) is 0 Å². The number of nitrogens with zero attached hydrogens (tertiary/aromatic N) is 1. The monoisotopic (exact) mass is 201 g/mol. The SMILES string of the molecule is ON=C(c1ccccc1)C1C=CC=CO1. The van der Waals surface area contributed by atoms with Crippen LogP contribution in [0.2, 0.25) is 0 Å². The normalized spacial score (nSPS) is 20.0. The minimum Gasteiger partial charge on any atom is -0.487 e. The first-order valence-corrected chi connectivity index (χ1v) is 4.68. The zero-order valence-electron chi connectivity index (χ0n) is 8.08. The molecular weight excluding hydrogens is 190 g/mol. The maximum atomic E-state index is 8.98. The first kappa shape index (κ1) is 9.52. The molecule has 2 rings (SSSR count). The summed E-state index contributed by atoms with van der Waals surface area (Å²) >= 11 is 0. The number of ether oxygens (including phenoxy) is 1. The summed E-state index contributed by atoms with van der Waals surface area (Å²) in [5.74, 6) is 0. The summed E-state index contributed by atoms with van der Waals surface area (Å²) < 4.78 is 5.33. The van der Waals surface area contributed by atoms with Gasteiger partial charge in [-0.15, -0.1) is 0 Å². The van der Waals surface area contributed by atoms with E-state index in [2.05, 4.69) is 5.16 Å². The molecule has 76 valence electrons. The van der Waals surface area contributed by atoms with E-state index < -0.39 is 0 Å². The summed E-state index contributed by atoms with van der Waals surface area (Å²) in [5, 5.41) is 12.3.